The summed E-state index contributed by atoms with van der Waals surface area (Å²) >= 11 is 0. The van der Waals surface area contributed by atoms with E-state index in [1.165, 1.54) is 30.5 Å². The predicted molar refractivity (Wildman–Crippen MR) is 106 cm³/mol. The minimum Gasteiger partial charge on any atom is -0.369 e. The summed E-state index contributed by atoms with van der Waals surface area (Å²) in [6, 6.07) is 6.44. The van der Waals surface area contributed by atoms with E-state index in [0.717, 1.165) is 49.5 Å². The molecular weight excluding hydrogens is 336 g/mol. The third-order valence-electron chi connectivity index (χ3n) is 5.83. The van der Waals surface area contributed by atoms with Crippen LogP contribution in [0, 0.1) is 0 Å². The molecule has 138 valence electrons. The normalized spacial score (nSPS) is 18.6. The Hall–Kier alpha value is -2.60. The molecule has 2 aliphatic rings. The Bertz CT molecular complexity index is 913. The van der Waals surface area contributed by atoms with Crippen LogP contribution < -0.4 is 4.90 Å². The standard InChI is InChI=1S/C21H24N6/c1-2-17(3-1)21-23-11-16(12-24-21)14-26-6-8-27(9-7-26)19-4-5-20-18(10-19)13-22-15-25-20/h4-5,10-13,15,17H,1-3,6-9,14H2. The van der Waals surface area contributed by atoms with Gasteiger partial charge in [-0.25, -0.2) is 19.9 Å². The smallest absolute Gasteiger partial charge is 0.131 e. The highest BCUT2D eigenvalue weighted by Crippen LogP contribution is 2.33. The summed E-state index contributed by atoms with van der Waals surface area (Å²) in [5, 5.41) is 1.10. The summed E-state index contributed by atoms with van der Waals surface area (Å²) in [5.41, 5.74) is 3.47. The van der Waals surface area contributed by atoms with Crippen molar-refractivity contribution in [2.24, 2.45) is 0 Å². The van der Waals surface area contributed by atoms with Gasteiger partial charge in [-0.15, -0.1) is 0 Å². The van der Waals surface area contributed by atoms with Gasteiger partial charge in [-0.2, -0.15) is 0 Å². The van der Waals surface area contributed by atoms with Crippen LogP contribution in [0.25, 0.3) is 10.9 Å². The highest BCUT2D eigenvalue weighted by Gasteiger charge is 2.22. The van der Waals surface area contributed by atoms with Gasteiger partial charge in [0.2, 0.25) is 0 Å². The quantitative estimate of drug-likeness (QED) is 0.713. The van der Waals surface area contributed by atoms with E-state index < -0.39 is 0 Å². The molecule has 0 atom stereocenters. The minimum atomic E-state index is 0.606. The fourth-order valence-corrected chi connectivity index (χ4v) is 3.91. The second-order valence-corrected chi connectivity index (χ2v) is 7.61. The lowest BCUT2D eigenvalue weighted by atomic mass is 9.85. The average Bonchev–Trinajstić information content (AvgIpc) is 2.68. The maximum atomic E-state index is 4.60. The summed E-state index contributed by atoms with van der Waals surface area (Å²) < 4.78 is 0. The van der Waals surface area contributed by atoms with Crippen molar-refractivity contribution < 1.29 is 0 Å². The Balaban J connectivity index is 1.19. The van der Waals surface area contributed by atoms with Crippen molar-refractivity contribution in [2.75, 3.05) is 31.1 Å². The lowest BCUT2D eigenvalue weighted by molar-refractivity contribution is 0.249. The Labute approximate surface area is 159 Å². The molecular formula is C21H24N6. The van der Waals surface area contributed by atoms with Crippen LogP contribution in [0.2, 0.25) is 0 Å². The van der Waals surface area contributed by atoms with E-state index in [9.17, 15) is 0 Å². The molecule has 2 aromatic heterocycles. The van der Waals surface area contributed by atoms with Gasteiger partial charge in [-0.05, 0) is 31.0 Å². The largest absolute Gasteiger partial charge is 0.369 e. The van der Waals surface area contributed by atoms with Gasteiger partial charge in [0.25, 0.3) is 0 Å². The van der Waals surface area contributed by atoms with E-state index in [1.807, 2.05) is 18.6 Å². The molecule has 0 spiro atoms. The molecule has 0 N–H and O–H groups in total. The zero-order valence-electron chi connectivity index (χ0n) is 15.5. The molecule has 3 aromatic rings. The number of aromatic nitrogens is 4. The zero-order chi connectivity index (χ0) is 18.1. The van der Waals surface area contributed by atoms with Gasteiger partial charge in [0.05, 0.1) is 5.52 Å². The van der Waals surface area contributed by atoms with Gasteiger partial charge in [0.1, 0.15) is 12.2 Å². The van der Waals surface area contributed by atoms with Gasteiger partial charge in [-0.3, -0.25) is 4.90 Å². The second-order valence-electron chi connectivity index (χ2n) is 7.61. The van der Waals surface area contributed by atoms with E-state index >= 15 is 0 Å². The number of rotatable bonds is 4. The van der Waals surface area contributed by atoms with Crippen LogP contribution in [0.1, 0.15) is 36.6 Å². The number of anilines is 1. The Kier molecular flexibility index (Phi) is 4.41. The first-order valence-corrected chi connectivity index (χ1v) is 9.83. The van der Waals surface area contributed by atoms with Crippen LogP contribution in [0.4, 0.5) is 5.69 Å². The number of hydrogen-bond acceptors (Lipinski definition) is 6. The molecule has 0 bridgehead atoms. The number of piperazine rings is 1. The Morgan fingerprint density at radius 1 is 0.926 bits per heavy atom. The van der Waals surface area contributed by atoms with Crippen molar-refractivity contribution in [3.8, 4) is 0 Å². The van der Waals surface area contributed by atoms with E-state index in [-0.39, 0.29) is 0 Å². The van der Waals surface area contributed by atoms with Gasteiger partial charge in [0.15, 0.2) is 0 Å². The highest BCUT2D eigenvalue weighted by atomic mass is 15.3. The first-order valence-electron chi connectivity index (χ1n) is 9.83. The first kappa shape index (κ1) is 16.6. The first-order chi connectivity index (χ1) is 13.3. The minimum absolute atomic E-state index is 0.606. The van der Waals surface area contributed by atoms with Crippen molar-refractivity contribution in [3.63, 3.8) is 0 Å². The van der Waals surface area contributed by atoms with Gasteiger partial charge in [-0.1, -0.05) is 6.42 Å². The zero-order valence-corrected chi connectivity index (χ0v) is 15.5. The molecule has 27 heavy (non-hydrogen) atoms. The molecule has 1 saturated carbocycles. The van der Waals surface area contributed by atoms with Gasteiger partial charge in [0, 0.05) is 73.9 Å². The SMILES string of the molecule is c1ncc2cc(N3CCN(Cc4cnc(C5CCC5)nc4)CC3)ccc2n1. The van der Waals surface area contributed by atoms with Crippen LogP contribution >= 0.6 is 0 Å². The van der Waals surface area contributed by atoms with Crippen molar-refractivity contribution in [1.29, 1.82) is 0 Å². The summed E-state index contributed by atoms with van der Waals surface area (Å²) in [6.07, 6.45) is 11.4. The van der Waals surface area contributed by atoms with E-state index in [4.69, 9.17) is 0 Å². The van der Waals surface area contributed by atoms with Crippen LogP contribution in [-0.2, 0) is 6.54 Å². The summed E-state index contributed by atoms with van der Waals surface area (Å²) in [6.45, 7) is 5.09. The van der Waals surface area contributed by atoms with Crippen molar-refractivity contribution in [3.05, 3.63) is 54.5 Å². The third-order valence-corrected chi connectivity index (χ3v) is 5.83. The molecule has 0 unspecified atom stereocenters. The van der Waals surface area contributed by atoms with E-state index in [2.05, 4.69) is 47.9 Å². The van der Waals surface area contributed by atoms with Crippen LogP contribution in [0.3, 0.4) is 0 Å². The van der Waals surface area contributed by atoms with Crippen molar-refractivity contribution in [2.45, 2.75) is 31.7 Å². The monoisotopic (exact) mass is 360 g/mol. The van der Waals surface area contributed by atoms with Gasteiger partial charge < -0.3 is 4.90 Å². The molecule has 6 nitrogen and oxygen atoms in total. The second kappa shape index (κ2) is 7.19. The number of fused-ring (bicyclic) bond motifs is 1. The third kappa shape index (κ3) is 3.49. The summed E-state index contributed by atoms with van der Waals surface area (Å²) in [5.74, 6) is 1.64. The van der Waals surface area contributed by atoms with Gasteiger partial charge >= 0.3 is 0 Å². The molecule has 1 aliphatic carbocycles. The Morgan fingerprint density at radius 3 is 2.48 bits per heavy atom. The molecule has 5 rings (SSSR count). The molecule has 0 amide bonds. The number of benzene rings is 1. The predicted octanol–water partition coefficient (Wildman–Crippen LogP) is 3.01. The molecule has 0 radical (unpaired) electrons. The topological polar surface area (TPSA) is 58.0 Å². The summed E-state index contributed by atoms with van der Waals surface area (Å²) in [7, 11) is 0. The fourth-order valence-electron chi connectivity index (χ4n) is 3.91. The summed E-state index contributed by atoms with van der Waals surface area (Å²) in [4.78, 5) is 22.6. The van der Waals surface area contributed by atoms with Crippen LogP contribution in [0.15, 0.2) is 43.1 Å². The average molecular weight is 360 g/mol. The maximum absolute atomic E-state index is 4.60. The van der Waals surface area contributed by atoms with Crippen LogP contribution in [0.5, 0.6) is 0 Å². The molecule has 3 heterocycles. The van der Waals surface area contributed by atoms with Crippen molar-refractivity contribution >= 4 is 16.6 Å². The van der Waals surface area contributed by atoms with E-state index in [0.29, 0.717) is 5.92 Å². The lowest BCUT2D eigenvalue weighted by Crippen LogP contribution is -2.46. The lowest BCUT2D eigenvalue weighted by Gasteiger charge is -2.36. The van der Waals surface area contributed by atoms with Crippen LogP contribution in [-0.4, -0.2) is 51.0 Å². The molecule has 6 heteroatoms. The highest BCUT2D eigenvalue weighted by molar-refractivity contribution is 5.81. The fraction of sp³-hybridized carbons (Fsp3) is 0.429. The molecule has 1 saturated heterocycles. The number of hydrogen-bond donors (Lipinski definition) is 0. The van der Waals surface area contributed by atoms with Crippen molar-refractivity contribution in [1.82, 2.24) is 24.8 Å². The Morgan fingerprint density at radius 2 is 1.74 bits per heavy atom. The molecule has 1 aromatic carbocycles. The maximum Gasteiger partial charge on any atom is 0.131 e. The van der Waals surface area contributed by atoms with E-state index in [1.54, 1.807) is 6.33 Å². The number of nitrogens with zero attached hydrogens (tertiary/aromatic N) is 6. The molecule has 2 fully saturated rings. The molecule has 1 aliphatic heterocycles.